The number of nitrogens with zero attached hydrogens (tertiary/aromatic N) is 6. The van der Waals surface area contributed by atoms with E-state index in [2.05, 4.69) is 63.4 Å². The Morgan fingerprint density at radius 2 is 1.72 bits per heavy atom. The van der Waals surface area contributed by atoms with Crippen molar-refractivity contribution in [3.05, 3.63) is 35.7 Å². The van der Waals surface area contributed by atoms with Crippen LogP contribution < -0.4 is 4.74 Å². The molecule has 2 aromatic rings. The molecule has 1 aromatic carbocycles. The summed E-state index contributed by atoms with van der Waals surface area (Å²) in [6.45, 7) is 11.3. The quantitative estimate of drug-likeness (QED) is 0.713. The average Bonchev–Trinajstić information content (AvgIpc) is 3.43. The van der Waals surface area contributed by atoms with E-state index in [0.717, 1.165) is 43.8 Å². The van der Waals surface area contributed by atoms with E-state index in [4.69, 9.17) is 4.74 Å². The van der Waals surface area contributed by atoms with Gasteiger partial charge in [0.2, 0.25) is 0 Å². The second-order valence-electron chi connectivity index (χ2n) is 8.49. The Bertz CT molecular complexity index is 760. The average molecular weight is 399 g/mol. The summed E-state index contributed by atoms with van der Waals surface area (Å²) < 4.78 is 7.61. The topological polar surface area (TPSA) is 59.3 Å². The minimum absolute atomic E-state index is 0.0637. The Kier molecular flexibility index (Phi) is 6.45. The molecule has 4 rings (SSSR count). The fourth-order valence-electron chi connectivity index (χ4n) is 4.81. The molecule has 7 nitrogen and oxygen atoms in total. The number of hydrogen-bond acceptors (Lipinski definition) is 6. The van der Waals surface area contributed by atoms with E-state index in [1.165, 1.54) is 31.2 Å². The van der Waals surface area contributed by atoms with Crippen LogP contribution in [-0.2, 0) is 0 Å². The molecule has 2 aliphatic rings. The van der Waals surface area contributed by atoms with Crippen molar-refractivity contribution in [2.24, 2.45) is 0 Å². The molecule has 0 radical (unpaired) electrons. The first-order chi connectivity index (χ1) is 14.2. The highest BCUT2D eigenvalue weighted by molar-refractivity contribution is 5.32. The molecule has 2 fully saturated rings. The van der Waals surface area contributed by atoms with Crippen molar-refractivity contribution < 1.29 is 4.74 Å². The van der Waals surface area contributed by atoms with Gasteiger partial charge in [0.1, 0.15) is 5.75 Å². The zero-order valence-corrected chi connectivity index (χ0v) is 18.0. The van der Waals surface area contributed by atoms with E-state index < -0.39 is 0 Å². The van der Waals surface area contributed by atoms with E-state index >= 15 is 0 Å². The van der Waals surface area contributed by atoms with Gasteiger partial charge in [-0.05, 0) is 61.7 Å². The number of piperazine rings is 1. The maximum absolute atomic E-state index is 5.64. The lowest BCUT2D eigenvalue weighted by Crippen LogP contribution is -2.51. The molecule has 1 saturated carbocycles. The molecule has 1 aliphatic carbocycles. The summed E-state index contributed by atoms with van der Waals surface area (Å²) in [6.07, 6.45) is 5.52. The Balaban J connectivity index is 1.57. The van der Waals surface area contributed by atoms with E-state index in [9.17, 15) is 0 Å². The van der Waals surface area contributed by atoms with Crippen molar-refractivity contribution in [1.82, 2.24) is 30.0 Å². The second kappa shape index (κ2) is 9.22. The highest BCUT2D eigenvalue weighted by Gasteiger charge is 2.33. The molecule has 1 unspecified atom stereocenters. The summed E-state index contributed by atoms with van der Waals surface area (Å²) in [5.41, 5.74) is 1.22. The molecule has 1 aromatic heterocycles. The summed E-state index contributed by atoms with van der Waals surface area (Å²) >= 11 is 0. The molecule has 7 heteroatoms. The van der Waals surface area contributed by atoms with Crippen LogP contribution in [0.4, 0.5) is 0 Å². The number of tetrazole rings is 1. The summed E-state index contributed by atoms with van der Waals surface area (Å²) in [6, 6.07) is 9.53. The first-order valence-electron chi connectivity index (χ1n) is 11.2. The first kappa shape index (κ1) is 20.3. The van der Waals surface area contributed by atoms with E-state index in [0.29, 0.717) is 6.61 Å². The second-order valence-corrected chi connectivity index (χ2v) is 8.49. The van der Waals surface area contributed by atoms with Crippen molar-refractivity contribution in [2.45, 2.75) is 64.6 Å². The standard InChI is InChI=1S/C22H34N6O/c1-4-29-20-11-9-18(10-12-20)21(22-23-24-25-28(22)17(2)3)27-15-13-26(14-16-27)19-7-5-6-8-19/h9-12,17,19,21H,4-8,13-16H2,1-3H3. The van der Waals surface area contributed by atoms with E-state index in [1.54, 1.807) is 0 Å². The van der Waals surface area contributed by atoms with Gasteiger partial charge in [-0.15, -0.1) is 5.10 Å². The minimum Gasteiger partial charge on any atom is -0.494 e. The largest absolute Gasteiger partial charge is 0.494 e. The Morgan fingerprint density at radius 1 is 1.03 bits per heavy atom. The molecule has 0 N–H and O–H groups in total. The normalized spacial score (nSPS) is 20.4. The molecule has 1 saturated heterocycles. The van der Waals surface area contributed by atoms with Gasteiger partial charge >= 0.3 is 0 Å². The smallest absolute Gasteiger partial charge is 0.173 e. The molecule has 0 spiro atoms. The number of rotatable bonds is 7. The first-order valence-corrected chi connectivity index (χ1v) is 11.2. The van der Waals surface area contributed by atoms with Gasteiger partial charge in [-0.2, -0.15) is 0 Å². The van der Waals surface area contributed by atoms with Gasteiger partial charge in [-0.25, -0.2) is 4.68 Å². The lowest BCUT2D eigenvalue weighted by atomic mass is 10.0. The zero-order chi connectivity index (χ0) is 20.2. The monoisotopic (exact) mass is 398 g/mol. The van der Waals surface area contributed by atoms with Gasteiger partial charge in [0.05, 0.1) is 18.7 Å². The maximum Gasteiger partial charge on any atom is 0.173 e. The predicted octanol–water partition coefficient (Wildman–Crippen LogP) is 3.30. The lowest BCUT2D eigenvalue weighted by molar-refractivity contribution is 0.0766. The van der Waals surface area contributed by atoms with Crippen LogP contribution in [0.15, 0.2) is 24.3 Å². The van der Waals surface area contributed by atoms with Crippen LogP contribution in [0.1, 0.15) is 69.9 Å². The van der Waals surface area contributed by atoms with Crippen molar-refractivity contribution in [1.29, 1.82) is 0 Å². The van der Waals surface area contributed by atoms with Gasteiger partial charge in [0.25, 0.3) is 0 Å². The van der Waals surface area contributed by atoms with Crippen LogP contribution in [0.2, 0.25) is 0 Å². The lowest BCUT2D eigenvalue weighted by Gasteiger charge is -2.41. The summed E-state index contributed by atoms with van der Waals surface area (Å²) in [5.74, 6) is 1.84. The summed E-state index contributed by atoms with van der Waals surface area (Å²) in [4.78, 5) is 5.25. The van der Waals surface area contributed by atoms with Crippen molar-refractivity contribution >= 4 is 0 Å². The highest BCUT2D eigenvalue weighted by Crippen LogP contribution is 2.32. The minimum atomic E-state index is 0.0637. The molecule has 158 valence electrons. The van der Waals surface area contributed by atoms with Crippen LogP contribution in [0.3, 0.4) is 0 Å². The summed E-state index contributed by atoms with van der Waals surface area (Å²) in [7, 11) is 0. The van der Waals surface area contributed by atoms with Crippen molar-refractivity contribution in [3.8, 4) is 5.75 Å². The number of hydrogen-bond donors (Lipinski definition) is 0. The Hall–Kier alpha value is -1.99. The van der Waals surface area contributed by atoms with E-state index in [-0.39, 0.29) is 12.1 Å². The molecular weight excluding hydrogens is 364 g/mol. The Labute approximate surface area is 174 Å². The van der Waals surface area contributed by atoms with Gasteiger partial charge < -0.3 is 4.74 Å². The van der Waals surface area contributed by atoms with Gasteiger partial charge in [0.15, 0.2) is 5.82 Å². The molecule has 1 atom stereocenters. The van der Waals surface area contributed by atoms with Crippen LogP contribution >= 0.6 is 0 Å². The number of benzene rings is 1. The Morgan fingerprint density at radius 3 is 2.34 bits per heavy atom. The van der Waals surface area contributed by atoms with Gasteiger partial charge in [-0.3, -0.25) is 9.80 Å². The molecule has 29 heavy (non-hydrogen) atoms. The van der Waals surface area contributed by atoms with Crippen LogP contribution in [0, 0.1) is 0 Å². The van der Waals surface area contributed by atoms with Gasteiger partial charge in [0, 0.05) is 32.2 Å². The molecule has 0 amide bonds. The third kappa shape index (κ3) is 4.46. The molecular formula is C22H34N6O. The SMILES string of the molecule is CCOc1ccc(C(c2nnnn2C(C)C)N2CCN(C3CCCC3)CC2)cc1. The van der Waals surface area contributed by atoms with E-state index in [1.807, 2.05) is 11.6 Å². The maximum atomic E-state index is 5.64. The molecule has 0 bridgehead atoms. The number of aromatic nitrogens is 4. The fraction of sp³-hybridized carbons (Fsp3) is 0.682. The molecule has 1 aliphatic heterocycles. The number of ether oxygens (including phenoxy) is 1. The van der Waals surface area contributed by atoms with Crippen molar-refractivity contribution in [3.63, 3.8) is 0 Å². The fourth-order valence-corrected chi connectivity index (χ4v) is 4.81. The van der Waals surface area contributed by atoms with Crippen LogP contribution in [-0.4, -0.2) is 68.8 Å². The van der Waals surface area contributed by atoms with Crippen molar-refractivity contribution in [2.75, 3.05) is 32.8 Å². The van der Waals surface area contributed by atoms with Crippen LogP contribution in [0.5, 0.6) is 5.75 Å². The molecule has 2 heterocycles. The third-order valence-corrected chi connectivity index (χ3v) is 6.31. The van der Waals surface area contributed by atoms with Crippen LogP contribution in [0.25, 0.3) is 0 Å². The van der Waals surface area contributed by atoms with Gasteiger partial charge in [-0.1, -0.05) is 25.0 Å². The zero-order valence-electron chi connectivity index (χ0n) is 18.0. The highest BCUT2D eigenvalue weighted by atomic mass is 16.5. The predicted molar refractivity (Wildman–Crippen MR) is 113 cm³/mol. The third-order valence-electron chi connectivity index (χ3n) is 6.31. The summed E-state index contributed by atoms with van der Waals surface area (Å²) in [5, 5.41) is 12.7.